The molecule has 4 N–H and O–H groups in total. The molecule has 1 atom stereocenters. The van der Waals surface area contributed by atoms with Gasteiger partial charge in [-0.2, -0.15) is 0 Å². The number of amides is 1. The predicted molar refractivity (Wildman–Crippen MR) is 140 cm³/mol. The average Bonchev–Trinajstić information content (AvgIpc) is 2.89. The van der Waals surface area contributed by atoms with Crippen LogP contribution in [0.2, 0.25) is 5.02 Å². The van der Waals surface area contributed by atoms with Crippen LogP contribution in [0.4, 0.5) is 5.69 Å². The van der Waals surface area contributed by atoms with Crippen molar-refractivity contribution in [1.82, 2.24) is 10.6 Å². The van der Waals surface area contributed by atoms with Gasteiger partial charge in [-0.15, -0.1) is 0 Å². The van der Waals surface area contributed by atoms with Gasteiger partial charge in [-0.05, 0) is 66.7 Å². The van der Waals surface area contributed by atoms with Gasteiger partial charge in [0.2, 0.25) is 0 Å². The van der Waals surface area contributed by atoms with E-state index in [4.69, 9.17) is 11.6 Å². The predicted octanol–water partition coefficient (Wildman–Crippen LogP) is 4.84. The summed E-state index contributed by atoms with van der Waals surface area (Å²) >= 11 is 6.17. The molecule has 0 saturated carbocycles. The molecule has 1 amide bonds. The minimum absolute atomic E-state index is 0.175. The van der Waals surface area contributed by atoms with E-state index in [0.717, 1.165) is 49.2 Å². The Morgan fingerprint density at radius 2 is 1.66 bits per heavy atom. The second kappa shape index (κ2) is 11.9. The summed E-state index contributed by atoms with van der Waals surface area (Å²) in [6.45, 7) is 2.74. The number of hydrogen-bond acceptors (Lipinski definition) is 4. The Bertz CT molecular complexity index is 1150. The Kier molecular flexibility index (Phi) is 8.40. The molecule has 0 radical (unpaired) electrons. The maximum absolute atomic E-state index is 13.1. The summed E-state index contributed by atoms with van der Waals surface area (Å²) in [4.78, 5) is 25.1. The summed E-state index contributed by atoms with van der Waals surface area (Å²) in [6.07, 6.45) is 2.33. The van der Waals surface area contributed by atoms with E-state index in [1.54, 1.807) is 18.2 Å². The first-order chi connectivity index (χ1) is 17.0. The van der Waals surface area contributed by atoms with Crippen LogP contribution in [0.25, 0.3) is 11.1 Å². The zero-order chi connectivity index (χ0) is 24.6. The van der Waals surface area contributed by atoms with Crippen molar-refractivity contribution in [3.05, 3.63) is 88.9 Å². The molecule has 0 bridgehead atoms. The number of hydrogen-bond donors (Lipinski definition) is 4. The quantitative estimate of drug-likeness (QED) is 0.344. The Labute approximate surface area is 210 Å². The maximum atomic E-state index is 13.1. The zero-order valence-electron chi connectivity index (χ0n) is 19.5. The van der Waals surface area contributed by atoms with Crippen LogP contribution in [0, 0.1) is 5.92 Å². The number of aliphatic carboxylic acids is 1. The fourth-order valence-corrected chi connectivity index (χ4v) is 4.51. The first-order valence-corrected chi connectivity index (χ1v) is 12.3. The van der Waals surface area contributed by atoms with Crippen LogP contribution in [-0.4, -0.2) is 42.7 Å². The van der Waals surface area contributed by atoms with E-state index in [-0.39, 0.29) is 6.42 Å². The Hall–Kier alpha value is -3.35. The van der Waals surface area contributed by atoms with Crippen LogP contribution in [0.5, 0.6) is 0 Å². The molecule has 182 valence electrons. The second-order valence-electron chi connectivity index (χ2n) is 8.90. The van der Waals surface area contributed by atoms with Crippen molar-refractivity contribution in [3.8, 4) is 11.1 Å². The van der Waals surface area contributed by atoms with Gasteiger partial charge in [-0.3, -0.25) is 4.79 Å². The largest absolute Gasteiger partial charge is 0.480 e. The molecule has 1 fully saturated rings. The number of rotatable bonds is 9. The minimum Gasteiger partial charge on any atom is -0.480 e. The number of benzene rings is 3. The summed E-state index contributed by atoms with van der Waals surface area (Å²) in [5.41, 5.74) is 3.97. The van der Waals surface area contributed by atoms with E-state index >= 15 is 0 Å². The molecule has 1 aliphatic rings. The van der Waals surface area contributed by atoms with Gasteiger partial charge < -0.3 is 21.1 Å². The molecule has 0 aromatic heterocycles. The number of piperidine rings is 1. The second-order valence-corrected chi connectivity index (χ2v) is 9.33. The Morgan fingerprint density at radius 1 is 0.971 bits per heavy atom. The Morgan fingerprint density at radius 3 is 2.34 bits per heavy atom. The molecule has 35 heavy (non-hydrogen) atoms. The van der Waals surface area contributed by atoms with Gasteiger partial charge >= 0.3 is 5.97 Å². The monoisotopic (exact) mass is 491 g/mol. The van der Waals surface area contributed by atoms with Crippen LogP contribution < -0.4 is 16.0 Å². The molecule has 7 heteroatoms. The molecule has 4 rings (SSSR count). The highest BCUT2D eigenvalue weighted by Crippen LogP contribution is 2.23. The van der Waals surface area contributed by atoms with E-state index in [1.165, 1.54) is 0 Å². The number of anilines is 1. The van der Waals surface area contributed by atoms with E-state index in [0.29, 0.717) is 22.2 Å². The smallest absolute Gasteiger partial charge is 0.326 e. The number of carbonyl (C=O) groups is 2. The lowest BCUT2D eigenvalue weighted by atomic mass is 9.98. The first kappa shape index (κ1) is 24.8. The van der Waals surface area contributed by atoms with Crippen LogP contribution in [0.1, 0.15) is 28.8 Å². The molecule has 3 aromatic carbocycles. The molecule has 3 aromatic rings. The van der Waals surface area contributed by atoms with Gasteiger partial charge in [-0.25, -0.2) is 4.79 Å². The van der Waals surface area contributed by atoms with E-state index in [1.807, 2.05) is 54.6 Å². The summed E-state index contributed by atoms with van der Waals surface area (Å²) < 4.78 is 0. The molecule has 1 aliphatic heterocycles. The third-order valence-electron chi connectivity index (χ3n) is 6.37. The maximum Gasteiger partial charge on any atom is 0.326 e. The lowest BCUT2D eigenvalue weighted by Crippen LogP contribution is -2.42. The number of halogens is 1. The Balaban J connectivity index is 1.44. The van der Waals surface area contributed by atoms with Crippen molar-refractivity contribution in [2.75, 3.05) is 25.0 Å². The van der Waals surface area contributed by atoms with Crippen molar-refractivity contribution >= 4 is 29.2 Å². The molecule has 6 nitrogen and oxygen atoms in total. The van der Waals surface area contributed by atoms with Gasteiger partial charge in [0.25, 0.3) is 5.91 Å². The fraction of sp³-hybridized carbons (Fsp3) is 0.286. The standard InChI is InChI=1S/C28H30ClN3O3/c29-23-10-11-25(31-18-20-12-14-30-15-13-20)24(17-23)27(33)32-26(28(34)35)16-19-6-8-22(9-7-19)21-4-2-1-3-5-21/h1-11,17,20,26,30-31H,12-16,18H2,(H,32,33)(H,34,35). The fourth-order valence-electron chi connectivity index (χ4n) is 4.33. The summed E-state index contributed by atoms with van der Waals surface area (Å²) in [6, 6.07) is 21.7. The lowest BCUT2D eigenvalue weighted by Gasteiger charge is -2.24. The van der Waals surface area contributed by atoms with Gasteiger partial charge in [-0.1, -0.05) is 66.2 Å². The van der Waals surface area contributed by atoms with Crippen molar-refractivity contribution in [2.45, 2.75) is 25.3 Å². The molecule has 1 unspecified atom stereocenters. The summed E-state index contributed by atoms with van der Waals surface area (Å²) in [7, 11) is 0. The van der Waals surface area contributed by atoms with Crippen molar-refractivity contribution < 1.29 is 14.7 Å². The van der Waals surface area contributed by atoms with Gasteiger partial charge in [0.15, 0.2) is 0 Å². The third-order valence-corrected chi connectivity index (χ3v) is 6.61. The van der Waals surface area contributed by atoms with Crippen LogP contribution in [0.15, 0.2) is 72.8 Å². The van der Waals surface area contributed by atoms with Crippen LogP contribution in [0.3, 0.4) is 0 Å². The molecule has 1 heterocycles. The SMILES string of the molecule is O=C(NC(Cc1ccc(-c2ccccc2)cc1)C(=O)O)c1cc(Cl)ccc1NCC1CCNCC1. The van der Waals surface area contributed by atoms with Crippen LogP contribution in [-0.2, 0) is 11.2 Å². The van der Waals surface area contributed by atoms with Crippen molar-refractivity contribution in [1.29, 1.82) is 0 Å². The summed E-state index contributed by atoms with van der Waals surface area (Å²) in [5.74, 6) is -1.03. The zero-order valence-corrected chi connectivity index (χ0v) is 20.2. The van der Waals surface area contributed by atoms with E-state index in [9.17, 15) is 14.7 Å². The number of carbonyl (C=O) groups excluding carboxylic acids is 1. The van der Waals surface area contributed by atoms with E-state index in [2.05, 4.69) is 16.0 Å². The van der Waals surface area contributed by atoms with Crippen LogP contribution >= 0.6 is 11.6 Å². The van der Waals surface area contributed by atoms with E-state index < -0.39 is 17.9 Å². The van der Waals surface area contributed by atoms with Crippen molar-refractivity contribution in [3.63, 3.8) is 0 Å². The third kappa shape index (κ3) is 6.84. The van der Waals surface area contributed by atoms with Gasteiger partial charge in [0.05, 0.1) is 5.56 Å². The highest BCUT2D eigenvalue weighted by Gasteiger charge is 2.23. The molecular formula is C28H30ClN3O3. The normalized spacial score (nSPS) is 14.8. The summed E-state index contributed by atoms with van der Waals surface area (Å²) in [5, 5.41) is 19.6. The first-order valence-electron chi connectivity index (χ1n) is 11.9. The highest BCUT2D eigenvalue weighted by molar-refractivity contribution is 6.31. The lowest BCUT2D eigenvalue weighted by molar-refractivity contribution is -0.139. The topological polar surface area (TPSA) is 90.5 Å². The number of carboxylic acid groups (broad SMARTS) is 1. The average molecular weight is 492 g/mol. The van der Waals surface area contributed by atoms with Gasteiger partial charge in [0, 0.05) is 23.7 Å². The van der Waals surface area contributed by atoms with Crippen molar-refractivity contribution in [2.24, 2.45) is 5.92 Å². The van der Waals surface area contributed by atoms with Gasteiger partial charge in [0.1, 0.15) is 6.04 Å². The molecule has 0 spiro atoms. The number of carboxylic acids is 1. The number of nitrogens with one attached hydrogen (secondary N) is 3. The highest BCUT2D eigenvalue weighted by atomic mass is 35.5. The molecule has 1 saturated heterocycles. The molecule has 0 aliphatic carbocycles. The molecular weight excluding hydrogens is 462 g/mol. The minimum atomic E-state index is -1.09.